The van der Waals surface area contributed by atoms with Gasteiger partial charge in [0.2, 0.25) is 0 Å². The number of nitrogens with zero attached hydrogens (tertiary/aromatic N) is 4. The number of anilines is 1. The first-order valence-electron chi connectivity index (χ1n) is 9.39. The second-order valence-electron chi connectivity index (χ2n) is 6.53. The van der Waals surface area contributed by atoms with Crippen LogP contribution in [0.3, 0.4) is 0 Å². The number of nitrogens with one attached hydrogen (secondary N) is 1. The molecule has 26 heavy (non-hydrogen) atoms. The molecule has 1 aliphatic heterocycles. The molecule has 2 heterocycles. The van der Waals surface area contributed by atoms with Gasteiger partial charge in [0, 0.05) is 38.4 Å². The van der Waals surface area contributed by atoms with E-state index in [-0.39, 0.29) is 5.91 Å². The summed E-state index contributed by atoms with van der Waals surface area (Å²) in [7, 11) is 0. The van der Waals surface area contributed by atoms with Gasteiger partial charge >= 0.3 is 0 Å². The van der Waals surface area contributed by atoms with Gasteiger partial charge in [0.25, 0.3) is 5.91 Å². The van der Waals surface area contributed by atoms with Crippen molar-refractivity contribution in [3.05, 3.63) is 40.9 Å². The molecule has 0 saturated carbocycles. The highest BCUT2D eigenvalue weighted by molar-refractivity contribution is 7.08. The molecule has 1 fully saturated rings. The van der Waals surface area contributed by atoms with Gasteiger partial charge in [-0.25, -0.2) is 0 Å². The molecule has 1 saturated heterocycles. The van der Waals surface area contributed by atoms with Crippen LogP contribution in [-0.2, 0) is 6.42 Å². The van der Waals surface area contributed by atoms with Crippen LogP contribution >= 0.6 is 11.5 Å². The molecule has 1 amide bonds. The predicted octanol–water partition coefficient (Wildman–Crippen LogP) is 2.43. The largest absolute Gasteiger partial charge is 0.369 e. The number of carbonyl (C=O) groups excluding carboxylic acids is 1. The zero-order valence-corrected chi connectivity index (χ0v) is 16.2. The summed E-state index contributed by atoms with van der Waals surface area (Å²) in [6, 6.07) is 10.6. The van der Waals surface area contributed by atoms with Crippen LogP contribution in [0.1, 0.15) is 35.1 Å². The van der Waals surface area contributed by atoms with E-state index in [2.05, 4.69) is 55.0 Å². The molecule has 0 atom stereocenters. The van der Waals surface area contributed by atoms with E-state index >= 15 is 0 Å². The highest BCUT2D eigenvalue weighted by atomic mass is 32.1. The van der Waals surface area contributed by atoms with Crippen molar-refractivity contribution >= 4 is 23.1 Å². The Labute approximate surface area is 159 Å². The van der Waals surface area contributed by atoms with Crippen LogP contribution in [-0.4, -0.2) is 59.7 Å². The fraction of sp³-hybridized carbons (Fsp3) is 0.526. The Bertz CT molecular complexity index is 682. The van der Waals surface area contributed by atoms with Gasteiger partial charge in [0.1, 0.15) is 4.88 Å². The zero-order valence-electron chi connectivity index (χ0n) is 15.4. The van der Waals surface area contributed by atoms with E-state index in [0.717, 1.165) is 57.7 Å². The number of hydrogen-bond donors (Lipinski definition) is 1. The van der Waals surface area contributed by atoms with Crippen LogP contribution in [0.25, 0.3) is 0 Å². The number of carbonyl (C=O) groups is 1. The number of aryl methyl sites for hydroxylation is 1. The standard InChI is InChI=1S/C19H27N5OS/c1-2-17-18(26-22-21-17)19(25)20-10-6-7-11-23-12-14-24(15-13-23)16-8-4-3-5-9-16/h3-5,8-9H,2,6-7,10-15H2,1H3,(H,20,25). The number of unbranched alkanes of at least 4 members (excludes halogenated alkanes) is 1. The molecular weight excluding hydrogens is 346 g/mol. The Morgan fingerprint density at radius 1 is 1.15 bits per heavy atom. The SMILES string of the molecule is CCc1nnsc1C(=O)NCCCCN1CCN(c2ccccc2)CC1. The average Bonchev–Trinajstić information content (AvgIpc) is 3.18. The maximum Gasteiger partial charge on any atom is 0.264 e. The van der Waals surface area contributed by atoms with Gasteiger partial charge in [-0.1, -0.05) is 29.6 Å². The highest BCUT2D eigenvalue weighted by Crippen LogP contribution is 2.15. The molecule has 0 aliphatic carbocycles. The molecule has 0 spiro atoms. The van der Waals surface area contributed by atoms with Crippen LogP contribution in [0.5, 0.6) is 0 Å². The summed E-state index contributed by atoms with van der Waals surface area (Å²) in [5, 5.41) is 6.98. The molecule has 3 rings (SSSR count). The average molecular weight is 374 g/mol. The minimum absolute atomic E-state index is 0.0340. The second-order valence-corrected chi connectivity index (χ2v) is 7.28. The van der Waals surface area contributed by atoms with Gasteiger partial charge in [-0.15, -0.1) is 5.10 Å². The minimum atomic E-state index is -0.0340. The van der Waals surface area contributed by atoms with E-state index < -0.39 is 0 Å². The Hall–Kier alpha value is -1.99. The topological polar surface area (TPSA) is 61.4 Å². The number of amides is 1. The van der Waals surface area contributed by atoms with Gasteiger partial charge in [0.05, 0.1) is 5.69 Å². The number of para-hydroxylation sites is 1. The van der Waals surface area contributed by atoms with Crippen molar-refractivity contribution in [2.24, 2.45) is 0 Å². The Kier molecular flexibility index (Phi) is 6.96. The van der Waals surface area contributed by atoms with Crippen molar-refractivity contribution < 1.29 is 4.79 Å². The zero-order chi connectivity index (χ0) is 18.2. The van der Waals surface area contributed by atoms with E-state index in [9.17, 15) is 4.79 Å². The number of piperazine rings is 1. The summed E-state index contributed by atoms with van der Waals surface area (Å²) >= 11 is 1.18. The van der Waals surface area contributed by atoms with Crippen LogP contribution in [0.15, 0.2) is 30.3 Å². The highest BCUT2D eigenvalue weighted by Gasteiger charge is 2.17. The molecule has 1 aliphatic rings. The van der Waals surface area contributed by atoms with E-state index in [1.165, 1.54) is 17.2 Å². The molecule has 1 aromatic carbocycles. The maximum absolute atomic E-state index is 12.1. The van der Waals surface area contributed by atoms with Crippen LogP contribution in [0, 0.1) is 0 Å². The lowest BCUT2D eigenvalue weighted by molar-refractivity contribution is 0.0955. The molecule has 6 nitrogen and oxygen atoms in total. The fourth-order valence-electron chi connectivity index (χ4n) is 3.22. The van der Waals surface area contributed by atoms with E-state index in [0.29, 0.717) is 11.4 Å². The van der Waals surface area contributed by atoms with E-state index in [1.54, 1.807) is 0 Å². The summed E-state index contributed by atoms with van der Waals surface area (Å²) in [5.74, 6) is -0.0340. The van der Waals surface area contributed by atoms with Crippen molar-refractivity contribution in [3.8, 4) is 0 Å². The lowest BCUT2D eigenvalue weighted by Crippen LogP contribution is -2.46. The Morgan fingerprint density at radius 3 is 2.65 bits per heavy atom. The van der Waals surface area contributed by atoms with Crippen molar-refractivity contribution in [3.63, 3.8) is 0 Å². The summed E-state index contributed by atoms with van der Waals surface area (Å²) < 4.78 is 3.87. The summed E-state index contributed by atoms with van der Waals surface area (Å²) in [5.41, 5.74) is 2.11. The third-order valence-corrected chi connectivity index (χ3v) is 5.54. The van der Waals surface area contributed by atoms with Gasteiger partial charge in [0.15, 0.2) is 0 Å². The summed E-state index contributed by atoms with van der Waals surface area (Å²) in [6.45, 7) is 8.18. The summed E-state index contributed by atoms with van der Waals surface area (Å²) in [4.78, 5) is 17.7. The smallest absolute Gasteiger partial charge is 0.264 e. The van der Waals surface area contributed by atoms with Crippen molar-refractivity contribution in [2.75, 3.05) is 44.2 Å². The van der Waals surface area contributed by atoms with Gasteiger partial charge in [-0.05, 0) is 49.5 Å². The molecular formula is C19H27N5OS. The molecule has 7 heteroatoms. The first-order chi connectivity index (χ1) is 12.8. The van der Waals surface area contributed by atoms with E-state index in [4.69, 9.17) is 0 Å². The quantitative estimate of drug-likeness (QED) is 0.720. The number of hydrogen-bond acceptors (Lipinski definition) is 6. The van der Waals surface area contributed by atoms with Crippen molar-refractivity contribution in [2.45, 2.75) is 26.2 Å². The molecule has 2 aromatic rings. The van der Waals surface area contributed by atoms with Crippen LogP contribution < -0.4 is 10.2 Å². The van der Waals surface area contributed by atoms with Gasteiger partial charge in [-0.3, -0.25) is 9.69 Å². The monoisotopic (exact) mass is 373 g/mol. The third kappa shape index (κ3) is 5.02. The Morgan fingerprint density at radius 2 is 1.92 bits per heavy atom. The van der Waals surface area contributed by atoms with Crippen LogP contribution in [0.2, 0.25) is 0 Å². The van der Waals surface area contributed by atoms with E-state index in [1.807, 2.05) is 6.92 Å². The molecule has 1 aromatic heterocycles. The number of aromatic nitrogens is 2. The normalized spacial score (nSPS) is 15.2. The lowest BCUT2D eigenvalue weighted by atomic mass is 10.2. The fourth-order valence-corrected chi connectivity index (χ4v) is 3.89. The first kappa shape index (κ1) is 18.8. The Balaban J connectivity index is 1.30. The van der Waals surface area contributed by atoms with Crippen molar-refractivity contribution in [1.82, 2.24) is 19.8 Å². The molecule has 0 unspecified atom stereocenters. The minimum Gasteiger partial charge on any atom is -0.369 e. The number of rotatable bonds is 8. The number of benzene rings is 1. The molecule has 140 valence electrons. The second kappa shape index (κ2) is 9.64. The summed E-state index contributed by atoms with van der Waals surface area (Å²) in [6.07, 6.45) is 2.85. The lowest BCUT2D eigenvalue weighted by Gasteiger charge is -2.36. The first-order valence-corrected chi connectivity index (χ1v) is 10.2. The maximum atomic E-state index is 12.1. The van der Waals surface area contributed by atoms with Crippen LogP contribution in [0.4, 0.5) is 5.69 Å². The van der Waals surface area contributed by atoms with Gasteiger partial charge < -0.3 is 10.2 Å². The van der Waals surface area contributed by atoms with Gasteiger partial charge in [-0.2, -0.15) is 0 Å². The third-order valence-electron chi connectivity index (χ3n) is 4.78. The molecule has 0 bridgehead atoms. The predicted molar refractivity (Wildman–Crippen MR) is 106 cm³/mol. The molecule has 0 radical (unpaired) electrons. The molecule has 1 N–H and O–H groups in total. The van der Waals surface area contributed by atoms with Crippen molar-refractivity contribution in [1.29, 1.82) is 0 Å².